The molecule has 2 aliphatic rings. The van der Waals surface area contributed by atoms with Crippen LogP contribution in [0.3, 0.4) is 0 Å². The molecule has 162 valence electrons. The number of nitriles is 1. The summed E-state index contributed by atoms with van der Waals surface area (Å²) in [4.78, 5) is 16.2. The molecule has 0 aromatic carbocycles. The fourth-order valence-corrected chi connectivity index (χ4v) is 7.70. The molecule has 6 nitrogen and oxygen atoms in total. The second kappa shape index (κ2) is 8.35. The molecule has 10 heteroatoms. The maximum atomic E-state index is 13.4. The molecule has 31 heavy (non-hydrogen) atoms. The maximum absolute atomic E-state index is 13.4. The Kier molecular flexibility index (Phi) is 6.07. The van der Waals surface area contributed by atoms with Gasteiger partial charge in [-0.05, 0) is 33.8 Å². The number of carbonyl (C=O) groups is 1. The standard InChI is InChI=1S/C21H22BrN5OS3/c1-10(2)30-20-26-25-19(31-20)27-13-6-21(3,4)7-14(28)17(13)16(12(8-23)18(27)24)15-5-11(22)9-29-15/h5,9-10,16H,6-7,24H2,1-4H3. The van der Waals surface area contributed by atoms with E-state index < -0.39 is 5.92 Å². The van der Waals surface area contributed by atoms with Crippen molar-refractivity contribution in [2.75, 3.05) is 4.90 Å². The SMILES string of the molecule is CC(C)Sc1nnc(N2C(N)=C(C#N)C(c3cc(Br)cs3)C3=C2CC(C)(C)CC3=O)s1. The molecule has 1 unspecified atom stereocenters. The van der Waals surface area contributed by atoms with Crippen molar-refractivity contribution in [2.45, 2.75) is 56.0 Å². The molecule has 0 saturated heterocycles. The molecule has 0 amide bonds. The van der Waals surface area contributed by atoms with Gasteiger partial charge in [0.1, 0.15) is 5.82 Å². The number of allylic oxidation sites excluding steroid dienone is 3. The van der Waals surface area contributed by atoms with Gasteiger partial charge >= 0.3 is 0 Å². The number of ketones is 1. The topological polar surface area (TPSA) is 95.9 Å². The molecule has 2 N–H and O–H groups in total. The number of rotatable bonds is 4. The van der Waals surface area contributed by atoms with Gasteiger partial charge in [-0.1, -0.05) is 50.8 Å². The van der Waals surface area contributed by atoms with Crippen LogP contribution in [0, 0.1) is 16.7 Å². The van der Waals surface area contributed by atoms with Gasteiger partial charge in [-0.15, -0.1) is 21.5 Å². The average Bonchev–Trinajstić information content (AvgIpc) is 3.28. The second-order valence-corrected chi connectivity index (χ2v) is 13.3. The molecule has 4 rings (SSSR count). The van der Waals surface area contributed by atoms with E-state index in [1.165, 1.54) is 22.7 Å². The first-order chi connectivity index (χ1) is 14.6. The van der Waals surface area contributed by atoms with Crippen LogP contribution in [0.2, 0.25) is 0 Å². The fourth-order valence-electron chi connectivity index (χ4n) is 4.03. The lowest BCUT2D eigenvalue weighted by atomic mass is 9.70. The number of aromatic nitrogens is 2. The van der Waals surface area contributed by atoms with Crippen LogP contribution in [0.1, 0.15) is 51.3 Å². The highest BCUT2D eigenvalue weighted by atomic mass is 79.9. The zero-order chi connectivity index (χ0) is 22.5. The molecular formula is C21H22BrN5OS3. The molecule has 1 atom stereocenters. The van der Waals surface area contributed by atoms with Crippen LogP contribution in [0.4, 0.5) is 5.13 Å². The second-order valence-electron chi connectivity index (χ2n) is 8.66. The largest absolute Gasteiger partial charge is 0.384 e. The lowest BCUT2D eigenvalue weighted by Gasteiger charge is -2.42. The van der Waals surface area contributed by atoms with Crippen molar-refractivity contribution in [1.82, 2.24) is 10.2 Å². The molecule has 0 spiro atoms. The van der Waals surface area contributed by atoms with Crippen molar-refractivity contribution in [2.24, 2.45) is 11.1 Å². The molecule has 3 heterocycles. The minimum absolute atomic E-state index is 0.0623. The van der Waals surface area contributed by atoms with E-state index in [0.717, 1.165) is 19.4 Å². The number of nitrogens with zero attached hydrogens (tertiary/aromatic N) is 4. The third kappa shape index (κ3) is 4.21. The maximum Gasteiger partial charge on any atom is 0.219 e. The quantitative estimate of drug-likeness (QED) is 0.493. The average molecular weight is 537 g/mol. The molecule has 0 radical (unpaired) electrons. The normalized spacial score (nSPS) is 21.0. The lowest BCUT2D eigenvalue weighted by Crippen LogP contribution is -2.42. The summed E-state index contributed by atoms with van der Waals surface area (Å²) >= 11 is 8.08. The van der Waals surface area contributed by atoms with Crippen molar-refractivity contribution in [3.05, 3.63) is 43.5 Å². The number of thiophene rings is 1. The molecule has 0 bridgehead atoms. The predicted octanol–water partition coefficient (Wildman–Crippen LogP) is 5.80. The van der Waals surface area contributed by atoms with E-state index in [4.69, 9.17) is 5.73 Å². The van der Waals surface area contributed by atoms with Crippen LogP contribution in [-0.2, 0) is 4.79 Å². The Balaban J connectivity index is 1.92. The smallest absolute Gasteiger partial charge is 0.219 e. The summed E-state index contributed by atoms with van der Waals surface area (Å²) in [5.74, 6) is -0.0561. The Labute approximate surface area is 202 Å². The van der Waals surface area contributed by atoms with Crippen molar-refractivity contribution >= 4 is 61.3 Å². The summed E-state index contributed by atoms with van der Waals surface area (Å²) in [7, 11) is 0. The molecule has 0 saturated carbocycles. The van der Waals surface area contributed by atoms with Crippen LogP contribution in [-0.4, -0.2) is 21.2 Å². The molecule has 1 aliphatic heterocycles. The van der Waals surface area contributed by atoms with Crippen LogP contribution < -0.4 is 10.6 Å². The molecule has 2 aromatic rings. The highest BCUT2D eigenvalue weighted by Crippen LogP contribution is 2.51. The lowest BCUT2D eigenvalue weighted by molar-refractivity contribution is -0.118. The summed E-state index contributed by atoms with van der Waals surface area (Å²) in [6.45, 7) is 8.37. The highest BCUT2D eigenvalue weighted by molar-refractivity contribution is 9.10. The van der Waals surface area contributed by atoms with Crippen LogP contribution in [0.5, 0.6) is 0 Å². The third-order valence-corrected chi connectivity index (χ3v) is 8.93. The van der Waals surface area contributed by atoms with Crippen LogP contribution >= 0.6 is 50.4 Å². The zero-order valence-electron chi connectivity index (χ0n) is 17.6. The molecule has 1 aliphatic carbocycles. The summed E-state index contributed by atoms with van der Waals surface area (Å²) in [5, 5.41) is 21.7. The van der Waals surface area contributed by atoms with Gasteiger partial charge in [-0.25, -0.2) is 0 Å². The van der Waals surface area contributed by atoms with Crippen molar-refractivity contribution in [1.29, 1.82) is 5.26 Å². The predicted molar refractivity (Wildman–Crippen MR) is 130 cm³/mol. The van der Waals surface area contributed by atoms with Gasteiger partial charge in [0.15, 0.2) is 10.1 Å². The Bertz CT molecular complexity index is 1150. The third-order valence-electron chi connectivity index (χ3n) is 5.18. The van der Waals surface area contributed by atoms with Gasteiger partial charge in [0.25, 0.3) is 0 Å². The number of thioether (sulfide) groups is 1. The number of nitrogens with two attached hydrogens (primary N) is 1. The van der Waals surface area contributed by atoms with E-state index in [2.05, 4.69) is 59.9 Å². The van der Waals surface area contributed by atoms with E-state index in [1.807, 2.05) is 11.4 Å². The summed E-state index contributed by atoms with van der Waals surface area (Å²) in [6.07, 6.45) is 1.11. The monoisotopic (exact) mass is 535 g/mol. The van der Waals surface area contributed by atoms with Crippen LogP contribution in [0.25, 0.3) is 0 Å². The van der Waals surface area contributed by atoms with Crippen molar-refractivity contribution < 1.29 is 4.79 Å². The number of hydrogen-bond acceptors (Lipinski definition) is 9. The minimum atomic E-state index is -0.450. The van der Waals surface area contributed by atoms with Crippen LogP contribution in [0.15, 0.2) is 42.9 Å². The Morgan fingerprint density at radius 2 is 2.13 bits per heavy atom. The van der Waals surface area contributed by atoms with Gasteiger partial charge in [0, 0.05) is 37.7 Å². The Hall–Kier alpha value is -1.67. The van der Waals surface area contributed by atoms with Gasteiger partial charge in [-0.2, -0.15) is 5.26 Å². The van der Waals surface area contributed by atoms with Gasteiger partial charge in [-0.3, -0.25) is 9.69 Å². The van der Waals surface area contributed by atoms with E-state index >= 15 is 0 Å². The van der Waals surface area contributed by atoms with Gasteiger partial charge < -0.3 is 5.73 Å². The number of carbonyl (C=O) groups excluding carboxylic acids is 1. The summed E-state index contributed by atoms with van der Waals surface area (Å²) in [6, 6.07) is 4.26. The first-order valence-electron chi connectivity index (χ1n) is 9.81. The summed E-state index contributed by atoms with van der Waals surface area (Å²) in [5.41, 5.74) is 8.29. The number of Topliss-reactive ketones (excluding diaryl/α,β-unsaturated/α-hetero) is 1. The van der Waals surface area contributed by atoms with E-state index in [-0.39, 0.29) is 11.2 Å². The molecular weight excluding hydrogens is 514 g/mol. The first-order valence-corrected chi connectivity index (χ1v) is 13.2. The fraction of sp³-hybridized carbons (Fsp3) is 0.429. The number of halogens is 1. The summed E-state index contributed by atoms with van der Waals surface area (Å²) < 4.78 is 1.76. The first kappa shape index (κ1) is 22.5. The number of anilines is 1. The van der Waals surface area contributed by atoms with E-state index in [0.29, 0.717) is 40.2 Å². The minimum Gasteiger partial charge on any atom is -0.384 e. The zero-order valence-corrected chi connectivity index (χ0v) is 21.6. The number of hydrogen-bond donors (Lipinski definition) is 1. The molecule has 0 fully saturated rings. The van der Waals surface area contributed by atoms with Gasteiger partial charge in [0.05, 0.1) is 17.6 Å². The Morgan fingerprint density at radius 1 is 1.39 bits per heavy atom. The van der Waals surface area contributed by atoms with Crippen molar-refractivity contribution in [3.63, 3.8) is 0 Å². The molecule has 2 aromatic heterocycles. The van der Waals surface area contributed by atoms with E-state index in [9.17, 15) is 10.1 Å². The van der Waals surface area contributed by atoms with Gasteiger partial charge in [0.2, 0.25) is 5.13 Å². The Morgan fingerprint density at radius 3 is 2.74 bits per heavy atom. The highest BCUT2D eigenvalue weighted by Gasteiger charge is 2.45. The van der Waals surface area contributed by atoms with E-state index in [1.54, 1.807) is 16.7 Å². The van der Waals surface area contributed by atoms with Crippen molar-refractivity contribution in [3.8, 4) is 6.07 Å².